The van der Waals surface area contributed by atoms with Gasteiger partial charge in [-0.1, -0.05) is 60.7 Å². The predicted octanol–water partition coefficient (Wildman–Crippen LogP) is 9.53. The molecule has 0 unspecified atom stereocenters. The Kier molecular flexibility index (Phi) is 5.31. The van der Waals surface area contributed by atoms with E-state index in [9.17, 15) is 0 Å². The third kappa shape index (κ3) is 3.88. The molecule has 5 aromatic carbocycles. The lowest BCUT2D eigenvalue weighted by atomic mass is 10.0. The minimum Gasteiger partial charge on any atom is -0.434 e. The van der Waals surface area contributed by atoms with E-state index in [-0.39, 0.29) is 5.54 Å². The van der Waals surface area contributed by atoms with Gasteiger partial charge in [-0.05, 0) is 81.4 Å². The average molecular weight is 508 g/mol. The molecule has 0 radical (unpaired) electrons. The third-order valence-corrected chi connectivity index (χ3v) is 7.27. The van der Waals surface area contributed by atoms with Crippen LogP contribution in [-0.4, -0.2) is 15.1 Å². The van der Waals surface area contributed by atoms with E-state index in [2.05, 4.69) is 115 Å². The normalized spacial score (nSPS) is 12.0. The van der Waals surface area contributed by atoms with Gasteiger partial charge in [0, 0.05) is 33.2 Å². The van der Waals surface area contributed by atoms with Crippen molar-refractivity contribution in [3.8, 4) is 17.1 Å². The highest BCUT2D eigenvalue weighted by molar-refractivity contribution is 6.09. The minimum absolute atomic E-state index is 0.206. The first-order chi connectivity index (χ1) is 19.0. The first kappa shape index (κ1) is 23.3. The zero-order chi connectivity index (χ0) is 26.6. The number of para-hydroxylation sites is 3. The SMILES string of the molecule is CC(C)(C)N(c1ccc(-n2c3ccccc3c3ccccc32)cc1)c1cccc2nc(-c3ccccc3)oc12. The van der Waals surface area contributed by atoms with Gasteiger partial charge in [-0.2, -0.15) is 0 Å². The van der Waals surface area contributed by atoms with Gasteiger partial charge in [0.15, 0.2) is 5.58 Å². The maximum Gasteiger partial charge on any atom is 0.227 e. The Morgan fingerprint density at radius 1 is 0.641 bits per heavy atom. The lowest BCUT2D eigenvalue weighted by molar-refractivity contribution is 0.554. The largest absolute Gasteiger partial charge is 0.434 e. The van der Waals surface area contributed by atoms with Gasteiger partial charge in [0.05, 0.1) is 16.7 Å². The number of anilines is 2. The molecular formula is C35H29N3O. The van der Waals surface area contributed by atoms with Gasteiger partial charge < -0.3 is 13.9 Å². The highest BCUT2D eigenvalue weighted by atomic mass is 16.3. The summed E-state index contributed by atoms with van der Waals surface area (Å²) in [7, 11) is 0. The second-order valence-corrected chi connectivity index (χ2v) is 10.9. The van der Waals surface area contributed by atoms with Crippen molar-refractivity contribution in [1.29, 1.82) is 0 Å². The molecule has 2 heterocycles. The summed E-state index contributed by atoms with van der Waals surface area (Å²) in [5, 5.41) is 2.53. The van der Waals surface area contributed by atoms with Gasteiger partial charge in [0.25, 0.3) is 0 Å². The molecule has 2 aromatic heterocycles. The molecule has 4 heteroatoms. The van der Waals surface area contributed by atoms with Crippen molar-refractivity contribution in [1.82, 2.24) is 9.55 Å². The number of oxazole rings is 1. The van der Waals surface area contributed by atoms with Crippen LogP contribution in [0.25, 0.3) is 50.0 Å². The minimum atomic E-state index is -0.206. The number of hydrogen-bond donors (Lipinski definition) is 0. The van der Waals surface area contributed by atoms with E-state index >= 15 is 0 Å². The van der Waals surface area contributed by atoms with Gasteiger partial charge in [-0.15, -0.1) is 0 Å². The highest BCUT2D eigenvalue weighted by Gasteiger charge is 2.27. The van der Waals surface area contributed by atoms with Gasteiger partial charge in [-0.25, -0.2) is 4.98 Å². The van der Waals surface area contributed by atoms with Crippen LogP contribution in [0.5, 0.6) is 0 Å². The van der Waals surface area contributed by atoms with E-state index in [4.69, 9.17) is 9.40 Å². The Labute approximate surface area is 227 Å². The van der Waals surface area contributed by atoms with E-state index in [1.807, 2.05) is 36.4 Å². The van der Waals surface area contributed by atoms with Gasteiger partial charge in [0.2, 0.25) is 5.89 Å². The number of aromatic nitrogens is 2. The summed E-state index contributed by atoms with van der Waals surface area (Å²) in [6.45, 7) is 6.67. The van der Waals surface area contributed by atoms with Crippen LogP contribution in [0.2, 0.25) is 0 Å². The van der Waals surface area contributed by atoms with E-state index in [1.165, 1.54) is 21.8 Å². The van der Waals surface area contributed by atoms with Crippen LogP contribution in [0.3, 0.4) is 0 Å². The summed E-state index contributed by atoms with van der Waals surface area (Å²) in [6.07, 6.45) is 0. The van der Waals surface area contributed by atoms with Crippen molar-refractivity contribution in [2.24, 2.45) is 0 Å². The lowest BCUT2D eigenvalue weighted by Crippen LogP contribution is -2.37. The molecule has 0 spiro atoms. The smallest absolute Gasteiger partial charge is 0.227 e. The molecule has 0 atom stereocenters. The molecule has 0 N–H and O–H groups in total. The number of fused-ring (bicyclic) bond motifs is 4. The summed E-state index contributed by atoms with van der Waals surface area (Å²) >= 11 is 0. The van der Waals surface area contributed by atoms with Crippen LogP contribution >= 0.6 is 0 Å². The maximum atomic E-state index is 6.40. The van der Waals surface area contributed by atoms with Gasteiger partial charge in [0.1, 0.15) is 5.52 Å². The van der Waals surface area contributed by atoms with E-state index < -0.39 is 0 Å². The van der Waals surface area contributed by atoms with Gasteiger partial charge >= 0.3 is 0 Å². The quantitative estimate of drug-likeness (QED) is 0.238. The molecule has 0 aliphatic heterocycles. The van der Waals surface area contributed by atoms with Crippen LogP contribution in [-0.2, 0) is 0 Å². The summed E-state index contributed by atoms with van der Waals surface area (Å²) in [5.74, 6) is 0.633. The van der Waals surface area contributed by atoms with E-state index in [1.54, 1.807) is 0 Å². The molecule has 7 aromatic rings. The molecule has 190 valence electrons. The Bertz CT molecular complexity index is 1890. The number of rotatable bonds is 4. The molecule has 4 nitrogen and oxygen atoms in total. The molecule has 7 rings (SSSR count). The van der Waals surface area contributed by atoms with Crippen LogP contribution < -0.4 is 4.90 Å². The predicted molar refractivity (Wildman–Crippen MR) is 162 cm³/mol. The number of benzene rings is 5. The zero-order valence-electron chi connectivity index (χ0n) is 22.3. The zero-order valence-corrected chi connectivity index (χ0v) is 22.3. The van der Waals surface area contributed by atoms with Crippen molar-refractivity contribution in [3.05, 3.63) is 121 Å². The Balaban J connectivity index is 1.36. The second-order valence-electron chi connectivity index (χ2n) is 10.9. The standard InChI is InChI=1S/C35H29N3O/c1-35(2,3)38(32-19-11-16-29-33(32)39-34(36-29)24-12-5-4-6-13-24)26-22-20-25(21-23-26)37-30-17-9-7-14-27(30)28-15-8-10-18-31(28)37/h4-23H,1-3H3. The van der Waals surface area contributed by atoms with Crippen LogP contribution in [0.4, 0.5) is 11.4 Å². The summed E-state index contributed by atoms with van der Waals surface area (Å²) in [4.78, 5) is 7.15. The topological polar surface area (TPSA) is 34.2 Å². The lowest BCUT2D eigenvalue weighted by Gasteiger charge is -2.37. The van der Waals surface area contributed by atoms with Crippen molar-refractivity contribution in [2.75, 3.05) is 4.90 Å². The molecule has 39 heavy (non-hydrogen) atoms. The molecular weight excluding hydrogens is 478 g/mol. The molecule has 0 aliphatic rings. The Hall–Kier alpha value is -4.83. The second kappa shape index (κ2) is 8.88. The van der Waals surface area contributed by atoms with Crippen LogP contribution in [0, 0.1) is 0 Å². The first-order valence-corrected chi connectivity index (χ1v) is 13.3. The first-order valence-electron chi connectivity index (χ1n) is 13.3. The summed E-state index contributed by atoms with van der Waals surface area (Å²) in [6, 6.07) is 42.3. The van der Waals surface area contributed by atoms with E-state index in [0.717, 1.165) is 33.7 Å². The van der Waals surface area contributed by atoms with Crippen molar-refractivity contribution >= 4 is 44.3 Å². The van der Waals surface area contributed by atoms with Crippen molar-refractivity contribution in [3.63, 3.8) is 0 Å². The van der Waals surface area contributed by atoms with Crippen LogP contribution in [0.1, 0.15) is 20.8 Å². The molecule has 0 amide bonds. The Morgan fingerprint density at radius 2 is 1.26 bits per heavy atom. The van der Waals surface area contributed by atoms with Crippen LogP contribution in [0.15, 0.2) is 126 Å². The molecule has 0 aliphatic carbocycles. The monoisotopic (exact) mass is 507 g/mol. The average Bonchev–Trinajstić information content (AvgIpc) is 3.54. The molecule has 0 fully saturated rings. The maximum absolute atomic E-state index is 6.40. The molecule has 0 saturated carbocycles. The number of hydrogen-bond acceptors (Lipinski definition) is 3. The fraction of sp³-hybridized carbons (Fsp3) is 0.114. The third-order valence-electron chi connectivity index (χ3n) is 7.27. The molecule has 0 saturated heterocycles. The van der Waals surface area contributed by atoms with Crippen molar-refractivity contribution in [2.45, 2.75) is 26.3 Å². The van der Waals surface area contributed by atoms with Crippen molar-refractivity contribution < 1.29 is 4.42 Å². The summed E-state index contributed by atoms with van der Waals surface area (Å²) in [5.41, 5.74) is 8.05. The van der Waals surface area contributed by atoms with E-state index in [0.29, 0.717) is 5.89 Å². The van der Waals surface area contributed by atoms with Gasteiger partial charge in [-0.3, -0.25) is 0 Å². The number of nitrogens with zero attached hydrogens (tertiary/aromatic N) is 3. The fourth-order valence-electron chi connectivity index (χ4n) is 5.65. The highest BCUT2D eigenvalue weighted by Crippen LogP contribution is 2.40. The summed E-state index contributed by atoms with van der Waals surface area (Å²) < 4.78 is 8.75. The fourth-order valence-corrected chi connectivity index (χ4v) is 5.65. The molecule has 0 bridgehead atoms. The Morgan fingerprint density at radius 3 is 1.90 bits per heavy atom.